The van der Waals surface area contributed by atoms with E-state index in [1.165, 1.54) is 32.1 Å². The lowest BCUT2D eigenvalue weighted by atomic mass is 9.75. The van der Waals surface area contributed by atoms with Gasteiger partial charge < -0.3 is 10.6 Å². The number of anilines is 1. The normalized spacial score (nSPS) is 23.2. The number of fused-ring (bicyclic) bond motifs is 1. The summed E-state index contributed by atoms with van der Waals surface area (Å²) in [5, 5.41) is 5.68. The van der Waals surface area contributed by atoms with Crippen LogP contribution in [0.2, 0.25) is 0 Å². The highest BCUT2D eigenvalue weighted by molar-refractivity contribution is 5.95. The molecule has 0 radical (unpaired) electrons. The van der Waals surface area contributed by atoms with E-state index in [1.807, 2.05) is 32.0 Å². The number of carbonyl (C=O) groups excluding carboxylic acids is 2. The minimum atomic E-state index is -0.179. The SMILES string of the molecule is Cc1cccc(C)c1NC(=O)CNC(=O)CN1CC[C@H]2CCCC[C@H]2C1. The zero-order valence-corrected chi connectivity index (χ0v) is 16.0. The number of likely N-dealkylation sites (tertiary alicyclic amines) is 1. The van der Waals surface area contributed by atoms with Crippen LogP contribution >= 0.6 is 0 Å². The van der Waals surface area contributed by atoms with Gasteiger partial charge in [-0.05, 0) is 56.2 Å². The van der Waals surface area contributed by atoms with Crippen molar-refractivity contribution in [1.29, 1.82) is 0 Å². The molecule has 0 bridgehead atoms. The molecule has 0 aromatic heterocycles. The van der Waals surface area contributed by atoms with Crippen molar-refractivity contribution < 1.29 is 9.59 Å². The van der Waals surface area contributed by atoms with E-state index in [0.29, 0.717) is 6.54 Å². The molecule has 1 aliphatic carbocycles. The molecule has 1 heterocycles. The molecule has 142 valence electrons. The first-order chi connectivity index (χ1) is 12.5. The van der Waals surface area contributed by atoms with Crippen LogP contribution in [0.15, 0.2) is 18.2 Å². The molecule has 1 saturated heterocycles. The van der Waals surface area contributed by atoms with Gasteiger partial charge in [-0.3, -0.25) is 14.5 Å². The Bertz CT molecular complexity index is 638. The van der Waals surface area contributed by atoms with Crippen LogP contribution < -0.4 is 10.6 Å². The highest BCUT2D eigenvalue weighted by Gasteiger charge is 2.31. The Hall–Kier alpha value is -1.88. The number of nitrogens with zero attached hydrogens (tertiary/aromatic N) is 1. The third kappa shape index (κ3) is 4.85. The Morgan fingerprint density at radius 2 is 1.73 bits per heavy atom. The zero-order chi connectivity index (χ0) is 18.5. The maximum absolute atomic E-state index is 12.2. The third-order valence-corrected chi connectivity index (χ3v) is 5.93. The second-order valence-corrected chi connectivity index (χ2v) is 7.92. The van der Waals surface area contributed by atoms with E-state index in [4.69, 9.17) is 0 Å². The van der Waals surface area contributed by atoms with Crippen molar-refractivity contribution in [2.24, 2.45) is 11.8 Å². The van der Waals surface area contributed by atoms with Gasteiger partial charge in [0, 0.05) is 12.2 Å². The average Bonchev–Trinajstić information content (AvgIpc) is 2.63. The number of carbonyl (C=O) groups is 2. The Labute approximate surface area is 156 Å². The van der Waals surface area contributed by atoms with Gasteiger partial charge in [0.15, 0.2) is 0 Å². The Morgan fingerprint density at radius 1 is 1.04 bits per heavy atom. The van der Waals surface area contributed by atoms with Crippen molar-refractivity contribution in [3.63, 3.8) is 0 Å². The molecule has 5 nitrogen and oxygen atoms in total. The quantitative estimate of drug-likeness (QED) is 0.852. The standard InChI is InChI=1S/C21H31N3O2/c1-15-6-5-7-16(2)21(15)23-19(25)12-22-20(26)14-24-11-10-17-8-3-4-9-18(17)13-24/h5-7,17-18H,3-4,8-14H2,1-2H3,(H,22,26)(H,23,25)/t17-,18+/m1/s1. The van der Waals surface area contributed by atoms with Crippen molar-refractivity contribution in [3.8, 4) is 0 Å². The topological polar surface area (TPSA) is 61.4 Å². The molecule has 5 heteroatoms. The number of aryl methyl sites for hydroxylation is 2. The summed E-state index contributed by atoms with van der Waals surface area (Å²) in [5.74, 6) is 1.39. The highest BCUT2D eigenvalue weighted by Crippen LogP contribution is 2.35. The number of nitrogens with one attached hydrogen (secondary N) is 2. The zero-order valence-electron chi connectivity index (χ0n) is 16.0. The number of amides is 2. The largest absolute Gasteiger partial charge is 0.346 e. The van der Waals surface area contributed by atoms with E-state index < -0.39 is 0 Å². The van der Waals surface area contributed by atoms with Crippen LogP contribution in [-0.2, 0) is 9.59 Å². The Kier molecular flexibility index (Phi) is 6.30. The Morgan fingerprint density at radius 3 is 2.46 bits per heavy atom. The third-order valence-electron chi connectivity index (χ3n) is 5.93. The lowest BCUT2D eigenvalue weighted by molar-refractivity contribution is -0.125. The predicted molar refractivity (Wildman–Crippen MR) is 104 cm³/mol. The first-order valence-electron chi connectivity index (χ1n) is 9.88. The summed E-state index contributed by atoms with van der Waals surface area (Å²) in [7, 11) is 0. The summed E-state index contributed by atoms with van der Waals surface area (Å²) in [5.41, 5.74) is 2.89. The fraction of sp³-hybridized carbons (Fsp3) is 0.619. The van der Waals surface area contributed by atoms with E-state index in [-0.39, 0.29) is 18.4 Å². The van der Waals surface area contributed by atoms with Crippen LogP contribution in [-0.4, -0.2) is 42.9 Å². The predicted octanol–water partition coefficient (Wildman–Crippen LogP) is 2.87. The maximum Gasteiger partial charge on any atom is 0.243 e. The second kappa shape index (κ2) is 8.67. The number of rotatable bonds is 5. The summed E-state index contributed by atoms with van der Waals surface area (Å²) in [6.07, 6.45) is 6.59. The van der Waals surface area contributed by atoms with Crippen molar-refractivity contribution in [2.75, 3.05) is 31.5 Å². The van der Waals surface area contributed by atoms with Gasteiger partial charge in [0.1, 0.15) is 0 Å². The first-order valence-corrected chi connectivity index (χ1v) is 9.88. The van der Waals surface area contributed by atoms with E-state index in [1.54, 1.807) is 0 Å². The van der Waals surface area contributed by atoms with Gasteiger partial charge in [0.2, 0.25) is 11.8 Å². The summed E-state index contributed by atoms with van der Waals surface area (Å²) in [6, 6.07) is 5.91. The van der Waals surface area contributed by atoms with Crippen LogP contribution in [0.4, 0.5) is 5.69 Å². The van der Waals surface area contributed by atoms with Crippen molar-refractivity contribution in [3.05, 3.63) is 29.3 Å². The summed E-state index contributed by atoms with van der Waals surface area (Å²) in [4.78, 5) is 26.6. The molecule has 1 saturated carbocycles. The van der Waals surface area contributed by atoms with Crippen LogP contribution in [0.5, 0.6) is 0 Å². The number of hydrogen-bond acceptors (Lipinski definition) is 3. The fourth-order valence-electron chi connectivity index (χ4n) is 4.45. The maximum atomic E-state index is 12.2. The van der Waals surface area contributed by atoms with Crippen LogP contribution in [0.3, 0.4) is 0 Å². The molecule has 0 spiro atoms. The minimum absolute atomic E-state index is 0.0203. The van der Waals surface area contributed by atoms with E-state index in [9.17, 15) is 9.59 Å². The van der Waals surface area contributed by atoms with Crippen molar-refractivity contribution in [2.45, 2.75) is 46.0 Å². The molecule has 1 aliphatic heterocycles. The average molecular weight is 357 g/mol. The first kappa shape index (κ1) is 18.9. The minimum Gasteiger partial charge on any atom is -0.346 e. The smallest absolute Gasteiger partial charge is 0.243 e. The molecule has 2 fully saturated rings. The van der Waals surface area contributed by atoms with E-state index in [0.717, 1.165) is 41.7 Å². The Balaban J connectivity index is 1.42. The molecule has 2 N–H and O–H groups in total. The van der Waals surface area contributed by atoms with Gasteiger partial charge in [0.25, 0.3) is 0 Å². The van der Waals surface area contributed by atoms with Crippen LogP contribution in [0.1, 0.15) is 43.2 Å². The summed E-state index contributed by atoms with van der Waals surface area (Å²) in [6.45, 7) is 6.40. The molecular weight excluding hydrogens is 326 g/mol. The molecule has 1 aromatic carbocycles. The summed E-state index contributed by atoms with van der Waals surface area (Å²) < 4.78 is 0. The monoisotopic (exact) mass is 357 g/mol. The van der Waals surface area contributed by atoms with Gasteiger partial charge in [-0.2, -0.15) is 0 Å². The molecule has 0 unspecified atom stereocenters. The number of para-hydroxylation sites is 1. The van der Waals surface area contributed by atoms with Gasteiger partial charge >= 0.3 is 0 Å². The summed E-state index contributed by atoms with van der Waals surface area (Å²) >= 11 is 0. The number of benzene rings is 1. The molecule has 2 atom stereocenters. The van der Waals surface area contributed by atoms with Gasteiger partial charge in [-0.25, -0.2) is 0 Å². The second-order valence-electron chi connectivity index (χ2n) is 7.92. The number of hydrogen-bond donors (Lipinski definition) is 2. The molecule has 2 amide bonds. The molecule has 1 aromatic rings. The van der Waals surface area contributed by atoms with Gasteiger partial charge in [0.05, 0.1) is 13.1 Å². The van der Waals surface area contributed by atoms with Crippen LogP contribution in [0.25, 0.3) is 0 Å². The van der Waals surface area contributed by atoms with Crippen LogP contribution in [0, 0.1) is 25.7 Å². The highest BCUT2D eigenvalue weighted by atomic mass is 16.2. The fourth-order valence-corrected chi connectivity index (χ4v) is 4.45. The van der Waals surface area contributed by atoms with E-state index >= 15 is 0 Å². The van der Waals surface area contributed by atoms with Crippen molar-refractivity contribution >= 4 is 17.5 Å². The number of piperidine rings is 1. The van der Waals surface area contributed by atoms with Gasteiger partial charge in [-0.1, -0.05) is 37.5 Å². The molecule has 26 heavy (non-hydrogen) atoms. The molecule has 2 aliphatic rings. The van der Waals surface area contributed by atoms with Gasteiger partial charge in [-0.15, -0.1) is 0 Å². The lowest BCUT2D eigenvalue weighted by Gasteiger charge is -2.41. The van der Waals surface area contributed by atoms with Crippen molar-refractivity contribution in [1.82, 2.24) is 10.2 Å². The molecule has 3 rings (SSSR count). The lowest BCUT2D eigenvalue weighted by Crippen LogP contribution is -2.47. The van der Waals surface area contributed by atoms with E-state index in [2.05, 4.69) is 15.5 Å². The molecular formula is C21H31N3O2.